The van der Waals surface area contributed by atoms with E-state index in [1.807, 2.05) is 0 Å². The molecular weight excluding hydrogens is 208 g/mol. The van der Waals surface area contributed by atoms with Gasteiger partial charge in [-0.25, -0.2) is 0 Å². The summed E-state index contributed by atoms with van der Waals surface area (Å²) in [5.74, 6) is -1.25. The van der Waals surface area contributed by atoms with Gasteiger partial charge in [0.1, 0.15) is 0 Å². The molecule has 0 fully saturated rings. The lowest BCUT2D eigenvalue weighted by molar-refractivity contribution is -0.137. The number of hydrogen-bond donors (Lipinski definition) is 1. The van der Waals surface area contributed by atoms with E-state index in [-0.39, 0.29) is 18.8 Å². The van der Waals surface area contributed by atoms with Gasteiger partial charge in [0.25, 0.3) is 0 Å². The molecular formula is C12H14O4. The zero-order chi connectivity index (χ0) is 12.2. The van der Waals surface area contributed by atoms with Gasteiger partial charge in [0.05, 0.1) is 19.1 Å². The Morgan fingerprint density at radius 3 is 2.44 bits per heavy atom. The molecule has 4 nitrogen and oxygen atoms in total. The van der Waals surface area contributed by atoms with Crippen LogP contribution in [0.15, 0.2) is 49.3 Å². The maximum Gasteiger partial charge on any atom is 0.314 e. The number of hydrogen-bond acceptors (Lipinski definition) is 3. The lowest BCUT2D eigenvalue weighted by atomic mass is 10.3. The highest BCUT2D eigenvalue weighted by molar-refractivity contribution is 5.71. The summed E-state index contributed by atoms with van der Waals surface area (Å²) in [6, 6.07) is 0. The fourth-order valence-electron chi connectivity index (χ4n) is 0.702. The molecule has 0 heterocycles. The Morgan fingerprint density at radius 2 is 1.81 bits per heavy atom. The minimum absolute atomic E-state index is 0.0115. The molecule has 0 aliphatic rings. The second kappa shape index (κ2) is 9.45. The van der Waals surface area contributed by atoms with Gasteiger partial charge in [-0.2, -0.15) is 0 Å². The molecule has 0 saturated carbocycles. The molecule has 0 saturated heterocycles. The quantitative estimate of drug-likeness (QED) is 0.310. The van der Waals surface area contributed by atoms with Gasteiger partial charge in [-0.15, -0.1) is 6.58 Å². The fraction of sp³-hybridized carbons (Fsp3) is 0.167. The number of aliphatic carboxylic acids is 1. The third-order valence-corrected chi connectivity index (χ3v) is 1.35. The van der Waals surface area contributed by atoms with Crippen molar-refractivity contribution >= 4 is 11.9 Å². The summed E-state index contributed by atoms with van der Waals surface area (Å²) in [7, 11) is 0. The van der Waals surface area contributed by atoms with Crippen LogP contribution in [0.3, 0.4) is 0 Å². The van der Waals surface area contributed by atoms with Crippen molar-refractivity contribution in [3.63, 3.8) is 0 Å². The van der Waals surface area contributed by atoms with Crippen LogP contribution in [0.5, 0.6) is 0 Å². The first-order chi connectivity index (χ1) is 7.66. The monoisotopic (exact) mass is 222 g/mol. The third kappa shape index (κ3) is 9.98. The van der Waals surface area contributed by atoms with E-state index in [4.69, 9.17) is 5.11 Å². The van der Waals surface area contributed by atoms with E-state index in [1.54, 1.807) is 18.2 Å². The summed E-state index contributed by atoms with van der Waals surface area (Å²) in [5, 5.41) is 8.31. The van der Waals surface area contributed by atoms with Gasteiger partial charge in [-0.1, -0.05) is 30.4 Å². The van der Waals surface area contributed by atoms with Gasteiger partial charge < -0.3 is 9.84 Å². The number of carboxylic acids is 1. The van der Waals surface area contributed by atoms with Crippen LogP contribution in [-0.4, -0.2) is 17.0 Å². The van der Waals surface area contributed by atoms with E-state index in [9.17, 15) is 9.59 Å². The van der Waals surface area contributed by atoms with Crippen LogP contribution < -0.4 is 0 Å². The minimum Gasteiger partial charge on any atom is -0.481 e. The highest BCUT2D eigenvalue weighted by atomic mass is 16.5. The van der Waals surface area contributed by atoms with Crippen LogP contribution in [0.4, 0.5) is 0 Å². The first-order valence-electron chi connectivity index (χ1n) is 4.67. The van der Waals surface area contributed by atoms with Gasteiger partial charge in [0.15, 0.2) is 0 Å². The van der Waals surface area contributed by atoms with Crippen molar-refractivity contribution in [2.75, 3.05) is 0 Å². The molecule has 0 aliphatic heterocycles. The maximum absolute atomic E-state index is 10.8. The molecule has 0 bridgehead atoms. The maximum atomic E-state index is 10.8. The van der Waals surface area contributed by atoms with Crippen molar-refractivity contribution in [3.05, 3.63) is 49.3 Å². The summed E-state index contributed by atoms with van der Waals surface area (Å²) in [4.78, 5) is 20.9. The topological polar surface area (TPSA) is 63.6 Å². The highest BCUT2D eigenvalue weighted by Gasteiger charge is 1.93. The van der Waals surface area contributed by atoms with E-state index in [0.29, 0.717) is 0 Å². The van der Waals surface area contributed by atoms with Crippen molar-refractivity contribution in [2.24, 2.45) is 0 Å². The van der Waals surface area contributed by atoms with E-state index < -0.39 is 5.97 Å². The van der Waals surface area contributed by atoms with Crippen LogP contribution in [0.2, 0.25) is 0 Å². The molecule has 1 N–H and O–H groups in total. The van der Waals surface area contributed by atoms with Gasteiger partial charge in [0.2, 0.25) is 0 Å². The molecule has 0 radical (unpaired) electrons. The van der Waals surface area contributed by atoms with E-state index >= 15 is 0 Å². The molecule has 0 aliphatic carbocycles. The number of carbonyl (C=O) groups is 2. The summed E-state index contributed by atoms with van der Waals surface area (Å²) < 4.78 is 4.67. The molecule has 0 spiro atoms. The van der Waals surface area contributed by atoms with Crippen molar-refractivity contribution in [1.82, 2.24) is 0 Å². The lowest BCUT2D eigenvalue weighted by Crippen LogP contribution is -1.95. The number of carbonyl (C=O) groups excluding carboxylic acids is 1. The average molecular weight is 222 g/mol. The molecule has 0 amide bonds. The minimum atomic E-state index is -0.876. The van der Waals surface area contributed by atoms with Gasteiger partial charge in [-0.3, -0.25) is 9.59 Å². The van der Waals surface area contributed by atoms with Gasteiger partial charge in [0, 0.05) is 0 Å². The smallest absolute Gasteiger partial charge is 0.314 e. The Balaban J connectivity index is 3.70. The van der Waals surface area contributed by atoms with Crippen LogP contribution >= 0.6 is 0 Å². The zero-order valence-corrected chi connectivity index (χ0v) is 8.83. The van der Waals surface area contributed by atoms with Crippen molar-refractivity contribution in [1.29, 1.82) is 0 Å². The molecule has 0 unspecified atom stereocenters. The number of esters is 1. The Labute approximate surface area is 94.2 Å². The normalized spacial score (nSPS) is 11.2. The fourth-order valence-corrected chi connectivity index (χ4v) is 0.702. The highest BCUT2D eigenvalue weighted by Crippen LogP contribution is 1.89. The van der Waals surface area contributed by atoms with E-state index in [0.717, 1.165) is 0 Å². The van der Waals surface area contributed by atoms with Crippen LogP contribution in [0.25, 0.3) is 0 Å². The van der Waals surface area contributed by atoms with Crippen LogP contribution in [0.1, 0.15) is 12.8 Å². The summed E-state index contributed by atoms with van der Waals surface area (Å²) in [5.41, 5.74) is 0. The number of carboxylic acid groups (broad SMARTS) is 1. The zero-order valence-electron chi connectivity index (χ0n) is 8.83. The van der Waals surface area contributed by atoms with Crippen LogP contribution in [0, 0.1) is 0 Å². The van der Waals surface area contributed by atoms with Crippen molar-refractivity contribution in [2.45, 2.75) is 12.8 Å². The average Bonchev–Trinajstić information content (AvgIpc) is 2.22. The van der Waals surface area contributed by atoms with Crippen LogP contribution in [-0.2, 0) is 14.3 Å². The SMILES string of the molecule is C=CCC(=O)OC=CC=CC=CCC(=O)O. The number of ether oxygens (including phenoxy) is 1. The van der Waals surface area contributed by atoms with Gasteiger partial charge in [-0.05, 0) is 6.08 Å². The van der Waals surface area contributed by atoms with E-state index in [1.165, 1.54) is 24.5 Å². The molecule has 4 heteroatoms. The molecule has 16 heavy (non-hydrogen) atoms. The Kier molecular flexibility index (Phi) is 8.21. The molecule has 0 aromatic carbocycles. The summed E-state index contributed by atoms with van der Waals surface area (Å²) in [6.07, 6.45) is 10.8. The second-order valence-electron chi connectivity index (χ2n) is 2.72. The molecule has 0 atom stereocenters. The van der Waals surface area contributed by atoms with E-state index in [2.05, 4.69) is 11.3 Å². The van der Waals surface area contributed by atoms with Crippen molar-refractivity contribution < 1.29 is 19.4 Å². The molecule has 0 aromatic rings. The second-order valence-corrected chi connectivity index (χ2v) is 2.72. The van der Waals surface area contributed by atoms with Crippen molar-refractivity contribution in [3.8, 4) is 0 Å². The lowest BCUT2D eigenvalue weighted by Gasteiger charge is -1.91. The molecule has 86 valence electrons. The number of allylic oxidation sites excluding steroid dienone is 4. The first kappa shape index (κ1) is 13.9. The predicted molar refractivity (Wildman–Crippen MR) is 60.6 cm³/mol. The summed E-state index contributed by atoms with van der Waals surface area (Å²) in [6.45, 7) is 3.40. The Morgan fingerprint density at radius 1 is 1.12 bits per heavy atom. The number of rotatable bonds is 7. The molecule has 0 rings (SSSR count). The third-order valence-electron chi connectivity index (χ3n) is 1.35. The Hall–Kier alpha value is -2.10. The molecule has 0 aromatic heterocycles. The largest absolute Gasteiger partial charge is 0.481 e. The standard InChI is InChI=1S/C12H14O4/c1-2-8-12(15)16-10-7-5-3-4-6-9-11(13)14/h2-7,10H,1,8-9H2,(H,13,14). The summed E-state index contributed by atoms with van der Waals surface area (Å²) >= 11 is 0. The predicted octanol–water partition coefficient (Wildman–Crippen LogP) is 2.21. The Bertz CT molecular complexity index is 324. The van der Waals surface area contributed by atoms with Gasteiger partial charge >= 0.3 is 11.9 Å². The first-order valence-corrected chi connectivity index (χ1v) is 4.67.